The number of rotatable bonds is 8. The largest absolute Gasteiger partial charge is 0.494 e. The highest BCUT2D eigenvalue weighted by molar-refractivity contribution is 7.10. The van der Waals surface area contributed by atoms with Gasteiger partial charge in [-0.15, -0.1) is 11.3 Å². The van der Waals surface area contributed by atoms with Gasteiger partial charge in [-0.3, -0.25) is 0 Å². The number of hydrogen-bond acceptors (Lipinski definition) is 3. The van der Waals surface area contributed by atoms with E-state index in [1.165, 1.54) is 16.0 Å². The molecule has 0 radical (unpaired) electrons. The third kappa shape index (κ3) is 4.08. The molecule has 0 saturated heterocycles. The minimum absolute atomic E-state index is 0.283. The van der Waals surface area contributed by atoms with Crippen LogP contribution in [0.4, 0.5) is 0 Å². The van der Waals surface area contributed by atoms with Gasteiger partial charge in [-0.2, -0.15) is 0 Å². The zero-order valence-electron chi connectivity index (χ0n) is 13.2. The molecule has 1 N–H and O–H groups in total. The van der Waals surface area contributed by atoms with Crippen LogP contribution >= 0.6 is 11.3 Å². The van der Waals surface area contributed by atoms with E-state index in [1.807, 2.05) is 11.3 Å². The van der Waals surface area contributed by atoms with Crippen molar-refractivity contribution in [2.24, 2.45) is 0 Å². The van der Waals surface area contributed by atoms with E-state index in [2.05, 4.69) is 61.8 Å². The Morgan fingerprint density at radius 2 is 1.86 bits per heavy atom. The zero-order valence-corrected chi connectivity index (χ0v) is 14.0. The smallest absolute Gasteiger partial charge is 0.119 e. The lowest BCUT2D eigenvalue weighted by Gasteiger charge is -2.19. The lowest BCUT2D eigenvalue weighted by molar-refractivity contribution is 0.317. The number of benzene rings is 1. The molecule has 1 unspecified atom stereocenters. The maximum atomic E-state index is 5.67. The summed E-state index contributed by atoms with van der Waals surface area (Å²) < 4.78 is 5.67. The third-order valence-corrected chi connectivity index (χ3v) is 4.54. The lowest BCUT2D eigenvalue weighted by atomic mass is 10.0. The number of nitrogens with one attached hydrogen (secondary N) is 1. The standard InChI is InChI=1S/C18H25NOS/c1-4-12-20-16-9-7-15(8-10-16)17(19-6-3)18-14(5-2)11-13-21-18/h7-11,13,17,19H,4-6,12H2,1-3H3. The predicted molar refractivity (Wildman–Crippen MR) is 91.4 cm³/mol. The van der Waals surface area contributed by atoms with E-state index in [0.717, 1.165) is 31.7 Å². The SMILES string of the molecule is CCCOc1ccc(C(NCC)c2sccc2CC)cc1. The average Bonchev–Trinajstić information content (AvgIpc) is 2.99. The molecular weight excluding hydrogens is 278 g/mol. The van der Waals surface area contributed by atoms with Crippen LogP contribution in [-0.2, 0) is 6.42 Å². The summed E-state index contributed by atoms with van der Waals surface area (Å²) in [6.07, 6.45) is 2.12. The van der Waals surface area contributed by atoms with Crippen molar-refractivity contribution in [1.29, 1.82) is 0 Å². The molecule has 0 bridgehead atoms. The molecule has 1 atom stereocenters. The van der Waals surface area contributed by atoms with Crippen LogP contribution in [-0.4, -0.2) is 13.2 Å². The number of aryl methyl sites for hydroxylation is 1. The molecule has 2 rings (SSSR count). The lowest BCUT2D eigenvalue weighted by Crippen LogP contribution is -2.22. The van der Waals surface area contributed by atoms with E-state index < -0.39 is 0 Å². The van der Waals surface area contributed by atoms with Crippen LogP contribution in [0.1, 0.15) is 49.2 Å². The summed E-state index contributed by atoms with van der Waals surface area (Å²) in [4.78, 5) is 1.43. The number of hydrogen-bond donors (Lipinski definition) is 1. The van der Waals surface area contributed by atoms with Crippen LogP contribution in [0.25, 0.3) is 0 Å². The van der Waals surface area contributed by atoms with Gasteiger partial charge in [0.2, 0.25) is 0 Å². The monoisotopic (exact) mass is 303 g/mol. The van der Waals surface area contributed by atoms with E-state index in [1.54, 1.807) is 0 Å². The second-order valence-corrected chi connectivity index (χ2v) is 6.02. The van der Waals surface area contributed by atoms with Crippen molar-refractivity contribution in [2.45, 2.75) is 39.7 Å². The Hall–Kier alpha value is -1.32. The Balaban J connectivity index is 2.22. The molecular formula is C18H25NOS. The zero-order chi connectivity index (χ0) is 15.1. The summed E-state index contributed by atoms with van der Waals surface area (Å²) in [6, 6.07) is 11.0. The van der Waals surface area contributed by atoms with Gasteiger partial charge in [0.25, 0.3) is 0 Å². The Morgan fingerprint density at radius 3 is 2.48 bits per heavy atom. The summed E-state index contributed by atoms with van der Waals surface area (Å²) in [5.74, 6) is 0.956. The molecule has 1 aromatic heterocycles. The maximum Gasteiger partial charge on any atom is 0.119 e. The van der Waals surface area contributed by atoms with E-state index in [-0.39, 0.29) is 6.04 Å². The predicted octanol–water partition coefficient (Wildman–Crippen LogP) is 4.80. The molecule has 0 amide bonds. The van der Waals surface area contributed by atoms with Crippen LogP contribution in [0.3, 0.4) is 0 Å². The highest BCUT2D eigenvalue weighted by Crippen LogP contribution is 2.31. The third-order valence-electron chi connectivity index (χ3n) is 3.52. The molecule has 114 valence electrons. The second-order valence-electron chi connectivity index (χ2n) is 5.07. The van der Waals surface area contributed by atoms with E-state index in [9.17, 15) is 0 Å². The normalized spacial score (nSPS) is 12.3. The Labute approximate surface area is 132 Å². The van der Waals surface area contributed by atoms with Crippen molar-refractivity contribution in [2.75, 3.05) is 13.2 Å². The molecule has 0 saturated carbocycles. The summed E-state index contributed by atoms with van der Waals surface area (Å²) in [5.41, 5.74) is 2.75. The van der Waals surface area contributed by atoms with Gasteiger partial charge in [-0.25, -0.2) is 0 Å². The van der Waals surface area contributed by atoms with E-state index >= 15 is 0 Å². The van der Waals surface area contributed by atoms with Crippen molar-refractivity contribution in [3.63, 3.8) is 0 Å². The summed E-state index contributed by atoms with van der Waals surface area (Å²) in [6.45, 7) is 8.24. The molecule has 1 heterocycles. The van der Waals surface area contributed by atoms with Crippen LogP contribution in [0.15, 0.2) is 35.7 Å². The molecule has 0 aliphatic heterocycles. The first kappa shape index (κ1) is 16.1. The Bertz CT molecular complexity index is 532. The second kappa shape index (κ2) is 8.20. The molecule has 0 aliphatic carbocycles. The molecule has 1 aromatic carbocycles. The van der Waals surface area contributed by atoms with Gasteiger partial charge in [0, 0.05) is 4.88 Å². The molecule has 2 nitrogen and oxygen atoms in total. The van der Waals surface area contributed by atoms with E-state index in [4.69, 9.17) is 4.74 Å². The fourth-order valence-corrected chi connectivity index (χ4v) is 3.53. The first-order valence-corrected chi connectivity index (χ1v) is 8.70. The van der Waals surface area contributed by atoms with Gasteiger partial charge in [-0.1, -0.05) is 32.9 Å². The van der Waals surface area contributed by atoms with E-state index in [0.29, 0.717) is 0 Å². The Morgan fingerprint density at radius 1 is 1.10 bits per heavy atom. The van der Waals surface area contributed by atoms with Crippen molar-refractivity contribution in [3.8, 4) is 5.75 Å². The van der Waals surface area contributed by atoms with Gasteiger partial charge < -0.3 is 10.1 Å². The molecule has 0 aliphatic rings. The van der Waals surface area contributed by atoms with Crippen molar-refractivity contribution < 1.29 is 4.74 Å². The minimum atomic E-state index is 0.283. The van der Waals surface area contributed by atoms with Gasteiger partial charge >= 0.3 is 0 Å². The molecule has 0 fully saturated rings. The summed E-state index contributed by atoms with van der Waals surface area (Å²) >= 11 is 1.84. The summed E-state index contributed by atoms with van der Waals surface area (Å²) in [5, 5.41) is 5.80. The van der Waals surface area contributed by atoms with Gasteiger partial charge in [0.15, 0.2) is 0 Å². The fraction of sp³-hybridized carbons (Fsp3) is 0.444. The van der Waals surface area contributed by atoms with Crippen LogP contribution in [0.5, 0.6) is 5.75 Å². The quantitative estimate of drug-likeness (QED) is 0.756. The fourth-order valence-electron chi connectivity index (χ4n) is 2.44. The highest BCUT2D eigenvalue weighted by atomic mass is 32.1. The highest BCUT2D eigenvalue weighted by Gasteiger charge is 2.17. The Kier molecular flexibility index (Phi) is 6.27. The average molecular weight is 303 g/mol. The topological polar surface area (TPSA) is 21.3 Å². The van der Waals surface area contributed by atoms with Gasteiger partial charge in [0.1, 0.15) is 5.75 Å². The van der Waals surface area contributed by atoms with Crippen molar-refractivity contribution in [1.82, 2.24) is 5.32 Å². The maximum absolute atomic E-state index is 5.67. The summed E-state index contributed by atoms with van der Waals surface area (Å²) in [7, 11) is 0. The first-order chi connectivity index (χ1) is 10.3. The molecule has 3 heteroatoms. The van der Waals surface area contributed by atoms with Crippen LogP contribution in [0.2, 0.25) is 0 Å². The van der Waals surface area contributed by atoms with Gasteiger partial charge in [-0.05, 0) is 54.1 Å². The van der Waals surface area contributed by atoms with Gasteiger partial charge in [0.05, 0.1) is 12.6 Å². The number of ether oxygens (including phenoxy) is 1. The number of thiophene rings is 1. The molecule has 2 aromatic rings. The molecule has 0 spiro atoms. The molecule has 21 heavy (non-hydrogen) atoms. The van der Waals surface area contributed by atoms with Crippen LogP contribution < -0.4 is 10.1 Å². The van der Waals surface area contributed by atoms with Crippen molar-refractivity contribution in [3.05, 3.63) is 51.7 Å². The van der Waals surface area contributed by atoms with Crippen LogP contribution in [0, 0.1) is 0 Å². The minimum Gasteiger partial charge on any atom is -0.494 e. The van der Waals surface area contributed by atoms with Crippen molar-refractivity contribution >= 4 is 11.3 Å². The first-order valence-electron chi connectivity index (χ1n) is 7.82.